The van der Waals surface area contributed by atoms with E-state index in [1.54, 1.807) is 0 Å². The monoisotopic (exact) mass is 306 g/mol. The minimum Gasteiger partial charge on any atom is -0.491 e. The summed E-state index contributed by atoms with van der Waals surface area (Å²) in [5.41, 5.74) is 0.981. The van der Waals surface area contributed by atoms with Gasteiger partial charge in [0.2, 0.25) is 0 Å². The maximum absolute atomic E-state index is 11.6. The number of benzene rings is 1. The van der Waals surface area contributed by atoms with Crippen molar-refractivity contribution in [2.24, 2.45) is 0 Å². The highest BCUT2D eigenvalue weighted by Crippen LogP contribution is 2.16. The van der Waals surface area contributed by atoms with Crippen LogP contribution in [0.4, 0.5) is 0 Å². The summed E-state index contributed by atoms with van der Waals surface area (Å²) < 4.78 is 15.9. The Labute approximate surface area is 132 Å². The van der Waals surface area contributed by atoms with Crippen LogP contribution in [-0.4, -0.2) is 25.3 Å². The molecule has 2 rings (SSSR count). The molecule has 1 unspecified atom stereocenters. The van der Waals surface area contributed by atoms with E-state index in [-0.39, 0.29) is 12.1 Å². The van der Waals surface area contributed by atoms with Crippen LogP contribution in [-0.2, 0) is 20.9 Å². The predicted molar refractivity (Wildman–Crippen MR) is 84.8 cm³/mol. The Bertz CT molecular complexity index is 437. The largest absolute Gasteiger partial charge is 0.491 e. The van der Waals surface area contributed by atoms with E-state index in [0.29, 0.717) is 19.6 Å². The lowest BCUT2D eigenvalue weighted by Crippen LogP contribution is -2.05. The van der Waals surface area contributed by atoms with Crippen LogP contribution >= 0.6 is 0 Å². The fourth-order valence-corrected chi connectivity index (χ4v) is 2.14. The molecule has 0 aliphatic carbocycles. The van der Waals surface area contributed by atoms with Crippen molar-refractivity contribution >= 4 is 5.97 Å². The molecule has 1 aromatic carbocycles. The number of esters is 1. The predicted octanol–water partition coefficient (Wildman–Crippen LogP) is 3.87. The molecule has 1 aliphatic heterocycles. The normalized spacial score (nSPS) is 16.3. The van der Waals surface area contributed by atoms with Gasteiger partial charge in [0.1, 0.15) is 25.1 Å². The molecule has 0 amide bonds. The van der Waals surface area contributed by atoms with Crippen LogP contribution in [0.5, 0.6) is 5.75 Å². The van der Waals surface area contributed by atoms with Gasteiger partial charge in [0, 0.05) is 6.42 Å². The molecule has 1 saturated heterocycles. The smallest absolute Gasteiger partial charge is 0.306 e. The Morgan fingerprint density at radius 3 is 2.59 bits per heavy atom. The van der Waals surface area contributed by atoms with E-state index >= 15 is 0 Å². The molecule has 1 fully saturated rings. The second-order valence-electron chi connectivity index (χ2n) is 5.74. The first-order chi connectivity index (χ1) is 10.8. The topological polar surface area (TPSA) is 48.1 Å². The number of ether oxygens (including phenoxy) is 3. The molecule has 0 radical (unpaired) electrons. The Balaban J connectivity index is 1.58. The zero-order valence-corrected chi connectivity index (χ0v) is 13.4. The van der Waals surface area contributed by atoms with E-state index in [2.05, 4.69) is 6.92 Å². The highest BCUT2D eigenvalue weighted by molar-refractivity contribution is 5.69. The summed E-state index contributed by atoms with van der Waals surface area (Å²) in [4.78, 5) is 11.6. The lowest BCUT2D eigenvalue weighted by atomic mass is 10.1. The molecule has 0 saturated carbocycles. The Hall–Kier alpha value is -1.55. The second kappa shape index (κ2) is 9.46. The van der Waals surface area contributed by atoms with Crippen molar-refractivity contribution in [1.82, 2.24) is 0 Å². The number of unbranched alkanes of at least 4 members (excludes halogenated alkanes) is 4. The molecule has 0 bridgehead atoms. The van der Waals surface area contributed by atoms with E-state index in [0.717, 1.165) is 30.8 Å². The number of epoxide rings is 1. The summed E-state index contributed by atoms with van der Waals surface area (Å²) in [5, 5.41) is 0. The number of rotatable bonds is 11. The summed E-state index contributed by atoms with van der Waals surface area (Å²) in [6.07, 6.45) is 6.49. The minimum atomic E-state index is -0.109. The summed E-state index contributed by atoms with van der Waals surface area (Å²) in [7, 11) is 0. The molecular formula is C18H26O4. The van der Waals surface area contributed by atoms with Crippen molar-refractivity contribution in [2.75, 3.05) is 13.2 Å². The first-order valence-corrected chi connectivity index (χ1v) is 8.27. The number of carbonyl (C=O) groups is 1. The average molecular weight is 306 g/mol. The SMILES string of the molecule is CCCCCCCC(=O)OCc1ccc(OCC2CO2)cc1. The van der Waals surface area contributed by atoms with Gasteiger partial charge in [0.05, 0.1) is 6.61 Å². The van der Waals surface area contributed by atoms with E-state index in [1.165, 1.54) is 19.3 Å². The van der Waals surface area contributed by atoms with Gasteiger partial charge in [-0.15, -0.1) is 0 Å². The maximum atomic E-state index is 11.6. The lowest BCUT2D eigenvalue weighted by Gasteiger charge is -2.07. The third-order valence-electron chi connectivity index (χ3n) is 3.65. The van der Waals surface area contributed by atoms with E-state index in [9.17, 15) is 4.79 Å². The molecule has 1 aliphatic rings. The molecule has 4 nitrogen and oxygen atoms in total. The summed E-state index contributed by atoms with van der Waals surface area (Å²) in [6, 6.07) is 7.65. The third-order valence-corrected chi connectivity index (χ3v) is 3.65. The van der Waals surface area contributed by atoms with Gasteiger partial charge in [0.25, 0.3) is 0 Å². The zero-order valence-electron chi connectivity index (χ0n) is 13.4. The van der Waals surface area contributed by atoms with Crippen LogP contribution in [0.25, 0.3) is 0 Å². The molecule has 122 valence electrons. The van der Waals surface area contributed by atoms with Crippen molar-refractivity contribution in [2.45, 2.75) is 58.2 Å². The highest BCUT2D eigenvalue weighted by Gasteiger charge is 2.22. The van der Waals surface area contributed by atoms with Crippen molar-refractivity contribution in [3.8, 4) is 5.75 Å². The van der Waals surface area contributed by atoms with Crippen LogP contribution in [0.1, 0.15) is 51.0 Å². The number of hydrogen-bond acceptors (Lipinski definition) is 4. The van der Waals surface area contributed by atoms with Gasteiger partial charge in [-0.1, -0.05) is 44.7 Å². The molecular weight excluding hydrogens is 280 g/mol. The Morgan fingerprint density at radius 1 is 1.18 bits per heavy atom. The summed E-state index contributed by atoms with van der Waals surface area (Å²) in [6.45, 7) is 3.92. The van der Waals surface area contributed by atoms with Crippen molar-refractivity contribution in [3.63, 3.8) is 0 Å². The fourth-order valence-electron chi connectivity index (χ4n) is 2.14. The highest BCUT2D eigenvalue weighted by atomic mass is 16.6. The summed E-state index contributed by atoms with van der Waals surface area (Å²) in [5.74, 6) is 0.712. The van der Waals surface area contributed by atoms with E-state index in [4.69, 9.17) is 14.2 Å². The average Bonchev–Trinajstić information content (AvgIpc) is 3.36. The molecule has 1 atom stereocenters. The number of carbonyl (C=O) groups excluding carboxylic acids is 1. The van der Waals surface area contributed by atoms with Gasteiger partial charge < -0.3 is 14.2 Å². The molecule has 0 N–H and O–H groups in total. The Kier molecular flexibility index (Phi) is 7.23. The van der Waals surface area contributed by atoms with Gasteiger partial charge >= 0.3 is 5.97 Å². The maximum Gasteiger partial charge on any atom is 0.306 e. The quantitative estimate of drug-likeness (QED) is 0.354. The second-order valence-corrected chi connectivity index (χ2v) is 5.74. The van der Waals surface area contributed by atoms with Crippen molar-refractivity contribution in [1.29, 1.82) is 0 Å². The molecule has 0 spiro atoms. The molecule has 0 aromatic heterocycles. The van der Waals surface area contributed by atoms with Gasteiger partial charge in [-0.3, -0.25) is 4.79 Å². The van der Waals surface area contributed by atoms with Gasteiger partial charge in [-0.05, 0) is 24.1 Å². The molecule has 22 heavy (non-hydrogen) atoms. The molecule has 1 aromatic rings. The van der Waals surface area contributed by atoms with Crippen molar-refractivity contribution < 1.29 is 19.0 Å². The lowest BCUT2D eigenvalue weighted by molar-refractivity contribution is -0.145. The standard InChI is InChI=1S/C18H26O4/c1-2-3-4-5-6-7-18(19)22-12-15-8-10-16(11-9-15)20-13-17-14-21-17/h8-11,17H,2-7,12-14H2,1H3. The molecule has 1 heterocycles. The summed E-state index contributed by atoms with van der Waals surface area (Å²) >= 11 is 0. The van der Waals surface area contributed by atoms with Crippen molar-refractivity contribution in [3.05, 3.63) is 29.8 Å². The Morgan fingerprint density at radius 2 is 1.91 bits per heavy atom. The van der Waals surface area contributed by atoms with E-state index < -0.39 is 0 Å². The fraction of sp³-hybridized carbons (Fsp3) is 0.611. The van der Waals surface area contributed by atoms with Gasteiger partial charge in [-0.2, -0.15) is 0 Å². The number of hydrogen-bond donors (Lipinski definition) is 0. The van der Waals surface area contributed by atoms with Gasteiger partial charge in [0.15, 0.2) is 0 Å². The minimum absolute atomic E-state index is 0.109. The van der Waals surface area contributed by atoms with E-state index in [1.807, 2.05) is 24.3 Å². The first-order valence-electron chi connectivity index (χ1n) is 8.27. The van der Waals surface area contributed by atoms with Crippen LogP contribution in [0.2, 0.25) is 0 Å². The zero-order chi connectivity index (χ0) is 15.6. The first kappa shape index (κ1) is 16.8. The van der Waals surface area contributed by atoms with Gasteiger partial charge in [-0.25, -0.2) is 0 Å². The van der Waals surface area contributed by atoms with Crippen LogP contribution in [0, 0.1) is 0 Å². The van der Waals surface area contributed by atoms with Crippen LogP contribution < -0.4 is 4.74 Å². The molecule has 4 heteroatoms. The van der Waals surface area contributed by atoms with Crippen LogP contribution in [0.15, 0.2) is 24.3 Å². The third kappa shape index (κ3) is 6.94. The van der Waals surface area contributed by atoms with Crippen LogP contribution in [0.3, 0.4) is 0 Å².